The number of rotatable bonds is 3. The summed E-state index contributed by atoms with van der Waals surface area (Å²) in [4.78, 5) is 11.7. The van der Waals surface area contributed by atoms with Gasteiger partial charge >= 0.3 is 0 Å². The highest BCUT2D eigenvalue weighted by Crippen LogP contribution is 2.18. The summed E-state index contributed by atoms with van der Waals surface area (Å²) in [5.41, 5.74) is 3.20. The molecule has 0 saturated heterocycles. The number of nitrogens with zero attached hydrogens (tertiary/aromatic N) is 2. The Morgan fingerprint density at radius 3 is 2.56 bits per heavy atom. The van der Waals surface area contributed by atoms with E-state index in [-0.39, 0.29) is 5.78 Å². The summed E-state index contributed by atoms with van der Waals surface area (Å²) in [6.07, 6.45) is 1.87. The summed E-state index contributed by atoms with van der Waals surface area (Å²) in [6, 6.07) is 11.2. The minimum Gasteiger partial charge on any atom is -0.320 e. The zero-order valence-electron chi connectivity index (χ0n) is 9.85. The summed E-state index contributed by atoms with van der Waals surface area (Å²) < 4.78 is 1.94. The Bertz CT molecular complexity index is 620. The van der Waals surface area contributed by atoms with Crippen molar-refractivity contribution in [2.75, 3.05) is 5.33 Å². The SMILES string of the molecule is Cc1c(C(=O)CBr)ccn1-c1ccc(C#N)cc1. The van der Waals surface area contributed by atoms with Crippen LogP contribution in [0.3, 0.4) is 0 Å². The molecule has 0 unspecified atom stereocenters. The van der Waals surface area contributed by atoms with Gasteiger partial charge < -0.3 is 4.57 Å². The number of nitriles is 1. The molecule has 0 N–H and O–H groups in total. The van der Waals surface area contributed by atoms with Crippen molar-refractivity contribution in [2.45, 2.75) is 6.92 Å². The smallest absolute Gasteiger partial charge is 0.175 e. The van der Waals surface area contributed by atoms with Gasteiger partial charge in [-0.1, -0.05) is 15.9 Å². The van der Waals surface area contributed by atoms with Crippen molar-refractivity contribution in [1.29, 1.82) is 5.26 Å². The van der Waals surface area contributed by atoms with Crippen LogP contribution in [0.15, 0.2) is 36.5 Å². The van der Waals surface area contributed by atoms with Crippen LogP contribution in [0.2, 0.25) is 0 Å². The van der Waals surface area contributed by atoms with Crippen LogP contribution in [-0.4, -0.2) is 15.7 Å². The van der Waals surface area contributed by atoms with Crippen molar-refractivity contribution in [3.63, 3.8) is 0 Å². The molecule has 0 aliphatic carbocycles. The quantitative estimate of drug-likeness (QED) is 0.645. The largest absolute Gasteiger partial charge is 0.320 e. The van der Waals surface area contributed by atoms with Crippen molar-refractivity contribution in [2.24, 2.45) is 0 Å². The number of carbonyl (C=O) groups is 1. The molecule has 0 aliphatic heterocycles. The molecule has 0 atom stereocenters. The zero-order valence-corrected chi connectivity index (χ0v) is 11.4. The molecule has 1 aromatic heterocycles. The van der Waals surface area contributed by atoms with Gasteiger partial charge in [-0.25, -0.2) is 0 Å². The number of aromatic nitrogens is 1. The third-order valence-corrected chi connectivity index (χ3v) is 3.35. The van der Waals surface area contributed by atoms with Gasteiger partial charge in [0.15, 0.2) is 5.78 Å². The molecule has 0 saturated carbocycles. The standard InChI is InChI=1S/C14H11BrN2O/c1-10-13(14(18)8-15)6-7-17(10)12-4-2-11(9-16)3-5-12/h2-7H,8H2,1H3. The monoisotopic (exact) mass is 302 g/mol. The summed E-state index contributed by atoms with van der Waals surface area (Å²) in [6.45, 7) is 1.91. The number of halogens is 1. The van der Waals surface area contributed by atoms with Gasteiger partial charge in [-0.15, -0.1) is 0 Å². The lowest BCUT2D eigenvalue weighted by molar-refractivity contribution is 0.102. The van der Waals surface area contributed by atoms with E-state index in [9.17, 15) is 4.79 Å². The third kappa shape index (κ3) is 2.22. The molecule has 0 aliphatic rings. The molecule has 1 aromatic carbocycles. The van der Waals surface area contributed by atoms with Gasteiger partial charge in [0.25, 0.3) is 0 Å². The summed E-state index contributed by atoms with van der Waals surface area (Å²) in [7, 11) is 0. The molecule has 0 spiro atoms. The number of ketones is 1. The van der Waals surface area contributed by atoms with Gasteiger partial charge in [-0.3, -0.25) is 4.79 Å². The fourth-order valence-electron chi connectivity index (χ4n) is 1.85. The normalized spacial score (nSPS) is 10.1. The summed E-state index contributed by atoms with van der Waals surface area (Å²) in [5, 5.41) is 9.08. The Kier molecular flexibility index (Phi) is 3.63. The summed E-state index contributed by atoms with van der Waals surface area (Å²) >= 11 is 3.18. The van der Waals surface area contributed by atoms with Crippen molar-refractivity contribution in [3.05, 3.63) is 53.3 Å². The fourth-order valence-corrected chi connectivity index (χ4v) is 2.16. The Labute approximate surface area is 114 Å². The highest BCUT2D eigenvalue weighted by Gasteiger charge is 2.12. The van der Waals surface area contributed by atoms with Crippen molar-refractivity contribution in [1.82, 2.24) is 4.57 Å². The van der Waals surface area contributed by atoms with Crippen LogP contribution < -0.4 is 0 Å². The topological polar surface area (TPSA) is 45.8 Å². The molecular weight excluding hydrogens is 292 g/mol. The van der Waals surface area contributed by atoms with E-state index in [0.29, 0.717) is 10.9 Å². The van der Waals surface area contributed by atoms with Crippen LogP contribution in [0, 0.1) is 18.3 Å². The van der Waals surface area contributed by atoms with E-state index in [4.69, 9.17) is 5.26 Å². The van der Waals surface area contributed by atoms with Crippen molar-refractivity contribution >= 4 is 21.7 Å². The second-order valence-corrected chi connectivity index (χ2v) is 4.46. The highest BCUT2D eigenvalue weighted by atomic mass is 79.9. The van der Waals surface area contributed by atoms with E-state index in [1.54, 1.807) is 12.1 Å². The highest BCUT2D eigenvalue weighted by molar-refractivity contribution is 9.09. The summed E-state index contributed by atoms with van der Waals surface area (Å²) in [5.74, 6) is 0.0693. The molecule has 4 heteroatoms. The number of carbonyl (C=O) groups excluding carboxylic acids is 1. The van der Waals surface area contributed by atoms with Crippen LogP contribution in [0.1, 0.15) is 21.6 Å². The van der Waals surface area contributed by atoms with Crippen LogP contribution in [0.25, 0.3) is 5.69 Å². The first-order chi connectivity index (χ1) is 8.67. The minimum absolute atomic E-state index is 0.0693. The predicted molar refractivity (Wildman–Crippen MR) is 73.3 cm³/mol. The molecule has 2 aromatic rings. The Morgan fingerprint density at radius 1 is 1.33 bits per heavy atom. The van der Waals surface area contributed by atoms with Crippen LogP contribution in [0.5, 0.6) is 0 Å². The number of Topliss-reactive ketones (excluding diaryl/α,β-unsaturated/α-hetero) is 1. The van der Waals surface area contributed by atoms with Crippen LogP contribution in [0.4, 0.5) is 0 Å². The molecule has 0 bridgehead atoms. The van der Waals surface area contributed by atoms with Gasteiger partial charge in [0.05, 0.1) is 17.0 Å². The molecule has 1 heterocycles. The van der Waals surface area contributed by atoms with E-state index >= 15 is 0 Å². The number of hydrogen-bond donors (Lipinski definition) is 0. The Hall–Kier alpha value is -1.86. The molecule has 90 valence electrons. The first kappa shape index (κ1) is 12.6. The molecule has 2 rings (SSSR count). The number of alkyl halides is 1. The number of benzene rings is 1. The molecule has 0 fully saturated rings. The maximum atomic E-state index is 11.7. The molecular formula is C14H11BrN2O. The molecule has 18 heavy (non-hydrogen) atoms. The van der Waals surface area contributed by atoms with Gasteiger partial charge in [-0.05, 0) is 37.3 Å². The van der Waals surface area contributed by atoms with E-state index in [0.717, 1.165) is 16.9 Å². The van der Waals surface area contributed by atoms with Gasteiger partial charge in [-0.2, -0.15) is 5.26 Å². The fraction of sp³-hybridized carbons (Fsp3) is 0.143. The molecule has 0 radical (unpaired) electrons. The number of hydrogen-bond acceptors (Lipinski definition) is 2. The lowest BCUT2D eigenvalue weighted by atomic mass is 10.2. The second-order valence-electron chi connectivity index (χ2n) is 3.90. The predicted octanol–water partition coefficient (Wildman–Crippen LogP) is 3.24. The third-order valence-electron chi connectivity index (χ3n) is 2.84. The Balaban J connectivity index is 2.42. The van der Waals surface area contributed by atoms with Crippen LogP contribution in [-0.2, 0) is 0 Å². The van der Waals surface area contributed by atoms with E-state index in [2.05, 4.69) is 22.0 Å². The minimum atomic E-state index is 0.0693. The first-order valence-electron chi connectivity index (χ1n) is 5.45. The molecule has 0 amide bonds. The first-order valence-corrected chi connectivity index (χ1v) is 6.57. The second kappa shape index (κ2) is 5.19. The lowest BCUT2D eigenvalue weighted by Gasteiger charge is -2.07. The van der Waals surface area contributed by atoms with Gasteiger partial charge in [0.1, 0.15) is 0 Å². The van der Waals surface area contributed by atoms with Crippen molar-refractivity contribution < 1.29 is 4.79 Å². The van der Waals surface area contributed by atoms with Gasteiger partial charge in [0, 0.05) is 23.1 Å². The average Bonchev–Trinajstić information content (AvgIpc) is 2.80. The molecule has 3 nitrogen and oxygen atoms in total. The maximum absolute atomic E-state index is 11.7. The maximum Gasteiger partial charge on any atom is 0.175 e. The average molecular weight is 303 g/mol. The van der Waals surface area contributed by atoms with Crippen molar-refractivity contribution in [3.8, 4) is 11.8 Å². The Morgan fingerprint density at radius 2 is 2.00 bits per heavy atom. The van der Waals surface area contributed by atoms with E-state index in [1.165, 1.54) is 0 Å². The van der Waals surface area contributed by atoms with E-state index < -0.39 is 0 Å². The van der Waals surface area contributed by atoms with E-state index in [1.807, 2.05) is 35.9 Å². The zero-order chi connectivity index (χ0) is 13.1. The lowest BCUT2D eigenvalue weighted by Crippen LogP contribution is -2.03. The van der Waals surface area contributed by atoms with Gasteiger partial charge in [0.2, 0.25) is 0 Å². The van der Waals surface area contributed by atoms with Crippen LogP contribution >= 0.6 is 15.9 Å².